The van der Waals surface area contributed by atoms with Crippen LogP contribution in [-0.4, -0.2) is 20.7 Å². The van der Waals surface area contributed by atoms with Crippen LogP contribution in [0.4, 0.5) is 5.69 Å². The molecular weight excluding hydrogens is 212 g/mol. The Hall–Kier alpha value is -1.48. The molecule has 0 amide bonds. The van der Waals surface area contributed by atoms with E-state index < -0.39 is 0 Å². The maximum Gasteiger partial charge on any atom is 0.0876 e. The normalized spacial score (nSPS) is 17.0. The van der Waals surface area contributed by atoms with Gasteiger partial charge in [-0.2, -0.15) is 0 Å². The molecule has 0 fully saturated rings. The summed E-state index contributed by atoms with van der Waals surface area (Å²) in [7, 11) is 4.07. The van der Waals surface area contributed by atoms with Crippen LogP contribution in [0.15, 0.2) is 36.1 Å². The lowest BCUT2D eigenvalue weighted by atomic mass is 9.96. The van der Waals surface area contributed by atoms with Gasteiger partial charge in [-0.3, -0.25) is 0 Å². The van der Waals surface area contributed by atoms with E-state index in [1.54, 1.807) is 0 Å². The standard InChI is InChI=1S/C14H20N2O/c1-16(2)13-7-5-11(6-8-13)14(15)12-4-3-9-17-10-12/h5-8,10,14H,3-4,9,15H2,1-2H3. The Morgan fingerprint density at radius 2 is 1.94 bits per heavy atom. The van der Waals surface area contributed by atoms with E-state index in [9.17, 15) is 0 Å². The van der Waals surface area contributed by atoms with E-state index in [-0.39, 0.29) is 6.04 Å². The Morgan fingerprint density at radius 1 is 1.24 bits per heavy atom. The molecule has 17 heavy (non-hydrogen) atoms. The van der Waals surface area contributed by atoms with Crippen LogP contribution in [0.2, 0.25) is 0 Å². The first kappa shape index (κ1) is 12.0. The van der Waals surface area contributed by atoms with E-state index in [0.29, 0.717) is 0 Å². The Kier molecular flexibility index (Phi) is 3.69. The zero-order chi connectivity index (χ0) is 12.3. The Labute approximate surface area is 103 Å². The van der Waals surface area contributed by atoms with Crippen molar-refractivity contribution in [1.29, 1.82) is 0 Å². The molecule has 1 aromatic carbocycles. The number of nitrogens with two attached hydrogens (primary N) is 1. The van der Waals surface area contributed by atoms with Gasteiger partial charge in [0, 0.05) is 19.8 Å². The van der Waals surface area contributed by atoms with Gasteiger partial charge in [-0.15, -0.1) is 0 Å². The highest BCUT2D eigenvalue weighted by Crippen LogP contribution is 2.26. The van der Waals surface area contributed by atoms with E-state index in [1.807, 2.05) is 20.4 Å². The molecule has 0 radical (unpaired) electrons. The van der Waals surface area contributed by atoms with Crippen LogP contribution >= 0.6 is 0 Å². The molecule has 92 valence electrons. The minimum atomic E-state index is -0.0356. The largest absolute Gasteiger partial charge is 0.501 e. The molecule has 0 spiro atoms. The average Bonchev–Trinajstić information content (AvgIpc) is 2.39. The molecule has 0 saturated heterocycles. The maximum absolute atomic E-state index is 6.23. The van der Waals surface area contributed by atoms with Gasteiger partial charge in [0.2, 0.25) is 0 Å². The summed E-state index contributed by atoms with van der Waals surface area (Å²) in [6.07, 6.45) is 3.93. The first-order valence-electron chi connectivity index (χ1n) is 6.02. The minimum absolute atomic E-state index is 0.0356. The Bertz CT molecular complexity index is 395. The Balaban J connectivity index is 2.13. The first-order valence-corrected chi connectivity index (χ1v) is 6.02. The monoisotopic (exact) mass is 232 g/mol. The van der Waals surface area contributed by atoms with E-state index in [1.165, 1.54) is 11.3 Å². The van der Waals surface area contributed by atoms with Gasteiger partial charge in [-0.05, 0) is 36.1 Å². The van der Waals surface area contributed by atoms with Crippen molar-refractivity contribution in [3.8, 4) is 0 Å². The number of ether oxygens (including phenoxy) is 1. The molecule has 1 heterocycles. The fourth-order valence-electron chi connectivity index (χ4n) is 2.01. The van der Waals surface area contributed by atoms with Crippen molar-refractivity contribution in [2.45, 2.75) is 18.9 Å². The number of anilines is 1. The van der Waals surface area contributed by atoms with Crippen molar-refractivity contribution in [2.24, 2.45) is 5.73 Å². The lowest BCUT2D eigenvalue weighted by molar-refractivity contribution is 0.221. The second-order valence-corrected chi connectivity index (χ2v) is 4.63. The van der Waals surface area contributed by atoms with Crippen molar-refractivity contribution in [3.05, 3.63) is 41.7 Å². The summed E-state index contributed by atoms with van der Waals surface area (Å²) >= 11 is 0. The summed E-state index contributed by atoms with van der Waals surface area (Å²) in [5.41, 5.74) is 9.76. The van der Waals surface area contributed by atoms with Gasteiger partial charge < -0.3 is 15.4 Å². The molecule has 3 heteroatoms. The number of hydrogen-bond donors (Lipinski definition) is 1. The van der Waals surface area contributed by atoms with Crippen LogP contribution in [-0.2, 0) is 4.74 Å². The van der Waals surface area contributed by atoms with Crippen LogP contribution in [0, 0.1) is 0 Å². The molecule has 1 aliphatic heterocycles. The van der Waals surface area contributed by atoms with Crippen LogP contribution in [0.25, 0.3) is 0 Å². The molecule has 0 aliphatic carbocycles. The van der Waals surface area contributed by atoms with Crippen LogP contribution in [0.3, 0.4) is 0 Å². The van der Waals surface area contributed by atoms with Gasteiger partial charge in [0.05, 0.1) is 18.9 Å². The predicted molar refractivity (Wildman–Crippen MR) is 71.0 cm³/mol. The average molecular weight is 232 g/mol. The molecule has 2 N–H and O–H groups in total. The molecule has 1 aromatic rings. The van der Waals surface area contributed by atoms with Crippen molar-refractivity contribution in [3.63, 3.8) is 0 Å². The lowest BCUT2D eigenvalue weighted by Gasteiger charge is -2.21. The molecular formula is C14H20N2O. The number of rotatable bonds is 3. The third-order valence-electron chi connectivity index (χ3n) is 3.13. The van der Waals surface area contributed by atoms with Crippen molar-refractivity contribution >= 4 is 5.69 Å². The Morgan fingerprint density at radius 3 is 2.47 bits per heavy atom. The first-order chi connectivity index (χ1) is 8.18. The van der Waals surface area contributed by atoms with E-state index in [2.05, 4.69) is 29.2 Å². The fraction of sp³-hybridized carbons (Fsp3) is 0.429. The van der Waals surface area contributed by atoms with Crippen molar-refractivity contribution in [2.75, 3.05) is 25.6 Å². The smallest absolute Gasteiger partial charge is 0.0876 e. The van der Waals surface area contributed by atoms with Gasteiger partial charge in [0.15, 0.2) is 0 Å². The summed E-state index contributed by atoms with van der Waals surface area (Å²) in [6, 6.07) is 8.34. The number of nitrogens with zero attached hydrogens (tertiary/aromatic N) is 1. The highest BCUT2D eigenvalue weighted by molar-refractivity contribution is 5.47. The highest BCUT2D eigenvalue weighted by Gasteiger charge is 2.14. The van der Waals surface area contributed by atoms with Gasteiger partial charge in [0.25, 0.3) is 0 Å². The van der Waals surface area contributed by atoms with E-state index in [4.69, 9.17) is 10.5 Å². The summed E-state index contributed by atoms with van der Waals surface area (Å²) in [6.45, 7) is 0.815. The minimum Gasteiger partial charge on any atom is -0.501 e. The molecule has 3 nitrogen and oxygen atoms in total. The predicted octanol–water partition coefficient (Wildman–Crippen LogP) is 2.45. The molecule has 0 saturated carbocycles. The fourth-order valence-corrected chi connectivity index (χ4v) is 2.01. The van der Waals surface area contributed by atoms with Crippen LogP contribution < -0.4 is 10.6 Å². The topological polar surface area (TPSA) is 38.5 Å². The number of benzene rings is 1. The second-order valence-electron chi connectivity index (χ2n) is 4.63. The van der Waals surface area contributed by atoms with E-state index >= 15 is 0 Å². The summed E-state index contributed by atoms with van der Waals surface area (Å²) in [5, 5.41) is 0. The van der Waals surface area contributed by atoms with Crippen molar-refractivity contribution < 1.29 is 4.74 Å². The third kappa shape index (κ3) is 2.80. The molecule has 1 unspecified atom stereocenters. The maximum atomic E-state index is 6.23. The highest BCUT2D eigenvalue weighted by atomic mass is 16.5. The van der Waals surface area contributed by atoms with Gasteiger partial charge >= 0.3 is 0 Å². The van der Waals surface area contributed by atoms with Crippen LogP contribution in [0.1, 0.15) is 24.4 Å². The zero-order valence-electron chi connectivity index (χ0n) is 10.5. The third-order valence-corrected chi connectivity index (χ3v) is 3.13. The molecule has 0 bridgehead atoms. The van der Waals surface area contributed by atoms with E-state index in [0.717, 1.165) is 25.0 Å². The molecule has 0 aromatic heterocycles. The molecule has 1 aliphatic rings. The molecule has 2 rings (SSSR count). The lowest BCUT2D eigenvalue weighted by Crippen LogP contribution is -2.16. The molecule has 1 atom stereocenters. The van der Waals surface area contributed by atoms with Crippen LogP contribution in [0.5, 0.6) is 0 Å². The van der Waals surface area contributed by atoms with Gasteiger partial charge in [0.1, 0.15) is 0 Å². The van der Waals surface area contributed by atoms with Crippen molar-refractivity contribution in [1.82, 2.24) is 0 Å². The number of hydrogen-bond acceptors (Lipinski definition) is 3. The SMILES string of the molecule is CN(C)c1ccc(C(N)C2=COCCC2)cc1. The summed E-state index contributed by atoms with van der Waals surface area (Å²) in [5.74, 6) is 0. The van der Waals surface area contributed by atoms with Gasteiger partial charge in [-0.25, -0.2) is 0 Å². The summed E-state index contributed by atoms with van der Waals surface area (Å²) < 4.78 is 5.34. The zero-order valence-corrected chi connectivity index (χ0v) is 10.5. The quantitative estimate of drug-likeness (QED) is 0.870. The van der Waals surface area contributed by atoms with Gasteiger partial charge in [-0.1, -0.05) is 12.1 Å². The second kappa shape index (κ2) is 5.23. The summed E-state index contributed by atoms with van der Waals surface area (Å²) in [4.78, 5) is 2.08.